The monoisotopic (exact) mass is 507 g/mol. The molecule has 198 valence electrons. The number of amides is 3. The first-order valence-electron chi connectivity index (χ1n) is 12.1. The van der Waals surface area contributed by atoms with Crippen molar-refractivity contribution in [2.75, 3.05) is 6.54 Å². The van der Waals surface area contributed by atoms with Crippen LogP contribution in [0.5, 0.6) is 5.75 Å². The Labute approximate surface area is 219 Å². The quantitative estimate of drug-likeness (QED) is 0.426. The molecule has 0 bridgehead atoms. The highest BCUT2D eigenvalue weighted by atomic mass is 16.4. The number of aryl methyl sites for hydroxylation is 2. The molecule has 0 saturated heterocycles. The van der Waals surface area contributed by atoms with Crippen molar-refractivity contribution in [2.45, 2.75) is 72.0 Å². The number of aromatic hydroxyl groups is 1. The number of phenols is 1. The molecule has 37 heavy (non-hydrogen) atoms. The zero-order valence-electron chi connectivity index (χ0n) is 22.6. The third kappa shape index (κ3) is 8.57. The molecule has 2 aromatic carbocycles. The van der Waals surface area contributed by atoms with Crippen LogP contribution >= 0.6 is 0 Å². The molecule has 0 heterocycles. The van der Waals surface area contributed by atoms with Crippen molar-refractivity contribution in [1.29, 1.82) is 0 Å². The third-order valence-electron chi connectivity index (χ3n) is 5.87. The molecule has 0 aliphatic heterocycles. The summed E-state index contributed by atoms with van der Waals surface area (Å²) in [6.45, 7) is 12.4. The molecule has 3 amide bonds. The number of benzene rings is 2. The molecule has 8 nitrogen and oxygen atoms in total. The minimum absolute atomic E-state index is 0.0909. The van der Waals surface area contributed by atoms with E-state index in [-0.39, 0.29) is 18.7 Å². The number of hydrogen-bond acceptors (Lipinski definition) is 4. The maximum atomic E-state index is 13.6. The fourth-order valence-corrected chi connectivity index (χ4v) is 4.13. The lowest BCUT2D eigenvalue weighted by Gasteiger charge is -2.40. The number of carbonyl (C=O) groups is 3. The summed E-state index contributed by atoms with van der Waals surface area (Å²) in [6.07, 6.45) is -1.10. The van der Waals surface area contributed by atoms with Gasteiger partial charge in [0.1, 0.15) is 11.8 Å². The van der Waals surface area contributed by atoms with Crippen LogP contribution in [0, 0.1) is 25.7 Å². The summed E-state index contributed by atoms with van der Waals surface area (Å²) in [7, 11) is 0. The van der Waals surface area contributed by atoms with E-state index in [0.717, 1.165) is 21.6 Å². The van der Waals surface area contributed by atoms with Crippen LogP contribution in [-0.4, -0.2) is 56.7 Å². The molecule has 0 aliphatic carbocycles. The average molecular weight is 508 g/mol. The smallest absolute Gasteiger partial charge is 0.408 e. The van der Waals surface area contributed by atoms with Gasteiger partial charge in [-0.2, -0.15) is 0 Å². The van der Waals surface area contributed by atoms with Gasteiger partial charge in [-0.3, -0.25) is 14.5 Å². The molecule has 0 aliphatic rings. The van der Waals surface area contributed by atoms with Crippen molar-refractivity contribution >= 4 is 17.9 Å². The van der Waals surface area contributed by atoms with Crippen molar-refractivity contribution in [3.8, 4) is 17.6 Å². The second-order valence-corrected chi connectivity index (χ2v) is 10.8. The van der Waals surface area contributed by atoms with E-state index in [9.17, 15) is 24.6 Å². The summed E-state index contributed by atoms with van der Waals surface area (Å²) in [4.78, 5) is 39.3. The summed E-state index contributed by atoms with van der Waals surface area (Å²) in [6, 6.07) is 11.3. The van der Waals surface area contributed by atoms with Gasteiger partial charge in [0.25, 0.3) is 5.91 Å². The third-order valence-corrected chi connectivity index (χ3v) is 5.87. The summed E-state index contributed by atoms with van der Waals surface area (Å²) >= 11 is 0. The molecule has 0 spiro atoms. The Morgan fingerprint density at radius 3 is 2.08 bits per heavy atom. The van der Waals surface area contributed by atoms with Gasteiger partial charge in [0.2, 0.25) is 5.91 Å². The van der Waals surface area contributed by atoms with Gasteiger partial charge in [0.15, 0.2) is 0 Å². The van der Waals surface area contributed by atoms with Crippen LogP contribution in [0.3, 0.4) is 0 Å². The largest absolute Gasteiger partial charge is 0.508 e. The molecule has 0 unspecified atom stereocenters. The van der Waals surface area contributed by atoms with Crippen molar-refractivity contribution in [1.82, 2.24) is 15.5 Å². The van der Waals surface area contributed by atoms with E-state index in [1.165, 1.54) is 0 Å². The zero-order chi connectivity index (χ0) is 28.0. The van der Waals surface area contributed by atoms with Gasteiger partial charge in [-0.1, -0.05) is 24.1 Å². The second kappa shape index (κ2) is 11.8. The molecule has 2 aromatic rings. The lowest BCUT2D eigenvalue weighted by atomic mass is 9.92. The van der Waals surface area contributed by atoms with Gasteiger partial charge < -0.3 is 20.8 Å². The first-order chi connectivity index (χ1) is 17.1. The Balaban J connectivity index is 2.25. The summed E-state index contributed by atoms with van der Waals surface area (Å²) in [5.74, 6) is 4.45. The molecule has 0 saturated carbocycles. The molecule has 0 aromatic heterocycles. The van der Waals surface area contributed by atoms with Crippen LogP contribution in [0.4, 0.5) is 4.79 Å². The Kier molecular flexibility index (Phi) is 9.35. The van der Waals surface area contributed by atoms with Gasteiger partial charge in [0, 0.05) is 30.0 Å². The molecule has 0 radical (unpaired) electrons. The van der Waals surface area contributed by atoms with Crippen LogP contribution in [0.1, 0.15) is 56.9 Å². The van der Waals surface area contributed by atoms with Gasteiger partial charge in [-0.15, -0.1) is 0 Å². The molecular weight excluding hydrogens is 470 g/mol. The topological polar surface area (TPSA) is 119 Å². The number of hydrogen-bond donors (Lipinski definition) is 4. The van der Waals surface area contributed by atoms with Crippen molar-refractivity contribution in [2.24, 2.45) is 0 Å². The number of carboxylic acid groups (broad SMARTS) is 1. The average Bonchev–Trinajstić information content (AvgIpc) is 2.77. The van der Waals surface area contributed by atoms with Gasteiger partial charge >= 0.3 is 6.09 Å². The van der Waals surface area contributed by atoms with Gasteiger partial charge in [-0.05, 0) is 89.4 Å². The molecule has 8 heteroatoms. The lowest BCUT2D eigenvalue weighted by Crippen LogP contribution is -2.61. The molecular formula is C29H37N3O5. The number of phenolic OH excluding ortho intramolecular Hbond substituents is 1. The highest BCUT2D eigenvalue weighted by Gasteiger charge is 2.39. The Morgan fingerprint density at radius 1 is 1.00 bits per heavy atom. The maximum Gasteiger partial charge on any atom is 0.408 e. The van der Waals surface area contributed by atoms with E-state index in [4.69, 9.17) is 0 Å². The highest BCUT2D eigenvalue weighted by molar-refractivity contribution is 5.94. The SMILES string of the molecule is Cc1cc(O)cc(C)c1C[C@@H](C(=O)NC(C)(C)CNC(=O)C#Cc1ccccc1)N(C(=O)O)C(C)(C)C. The summed E-state index contributed by atoms with van der Waals surface area (Å²) in [5, 5.41) is 25.6. The normalized spacial score (nSPS) is 12.1. The predicted molar refractivity (Wildman–Crippen MR) is 143 cm³/mol. The number of nitrogens with zero attached hydrogens (tertiary/aromatic N) is 1. The van der Waals surface area contributed by atoms with E-state index in [1.807, 2.05) is 32.0 Å². The lowest BCUT2D eigenvalue weighted by molar-refractivity contribution is -0.129. The Morgan fingerprint density at radius 2 is 1.57 bits per heavy atom. The maximum absolute atomic E-state index is 13.6. The van der Waals surface area contributed by atoms with Gasteiger partial charge in [-0.25, -0.2) is 4.79 Å². The van der Waals surface area contributed by atoms with E-state index in [2.05, 4.69) is 22.5 Å². The van der Waals surface area contributed by atoms with Gasteiger partial charge in [0.05, 0.1) is 5.54 Å². The highest BCUT2D eigenvalue weighted by Crippen LogP contribution is 2.26. The zero-order valence-corrected chi connectivity index (χ0v) is 22.6. The molecule has 0 fully saturated rings. The van der Waals surface area contributed by atoms with Crippen LogP contribution in [0.15, 0.2) is 42.5 Å². The molecule has 1 atom stereocenters. The first kappa shape index (κ1) is 29.2. The standard InChI is InChI=1S/C29H37N3O5/c1-19-15-22(33)16-20(2)23(19)17-24(32(27(36)37)28(3,4)5)26(35)31-29(6,7)18-30-25(34)14-13-21-11-9-8-10-12-21/h8-12,15-16,24,33H,17-18H2,1-7H3,(H,30,34)(H,31,35)(H,36,37)/t24-/m0/s1. The minimum atomic E-state index is -1.22. The van der Waals surface area contributed by atoms with Crippen LogP contribution in [0.25, 0.3) is 0 Å². The number of carbonyl (C=O) groups excluding carboxylic acids is 2. The fraction of sp³-hybridized carbons (Fsp3) is 0.414. The summed E-state index contributed by atoms with van der Waals surface area (Å²) in [5.41, 5.74) is 1.27. The predicted octanol–water partition coefficient (Wildman–Crippen LogP) is 3.76. The first-order valence-corrected chi connectivity index (χ1v) is 12.1. The van der Waals surface area contributed by atoms with Crippen molar-refractivity contribution < 1.29 is 24.6 Å². The second-order valence-electron chi connectivity index (χ2n) is 10.8. The Hall–Kier alpha value is -3.99. The van der Waals surface area contributed by atoms with E-state index in [0.29, 0.717) is 5.56 Å². The van der Waals surface area contributed by atoms with E-state index >= 15 is 0 Å². The Bertz CT molecular complexity index is 1180. The van der Waals surface area contributed by atoms with Crippen LogP contribution in [0.2, 0.25) is 0 Å². The number of nitrogens with one attached hydrogen (secondary N) is 2. The van der Waals surface area contributed by atoms with Crippen LogP contribution < -0.4 is 10.6 Å². The van der Waals surface area contributed by atoms with E-state index in [1.54, 1.807) is 58.9 Å². The minimum Gasteiger partial charge on any atom is -0.508 e. The summed E-state index contributed by atoms with van der Waals surface area (Å²) < 4.78 is 0. The van der Waals surface area contributed by atoms with Crippen molar-refractivity contribution in [3.63, 3.8) is 0 Å². The fourth-order valence-electron chi connectivity index (χ4n) is 4.13. The van der Waals surface area contributed by atoms with E-state index < -0.39 is 35.0 Å². The number of rotatable bonds is 7. The van der Waals surface area contributed by atoms with Crippen molar-refractivity contribution in [3.05, 3.63) is 64.7 Å². The molecule has 2 rings (SSSR count). The van der Waals surface area contributed by atoms with Crippen LogP contribution in [-0.2, 0) is 16.0 Å². The molecule has 4 N–H and O–H groups in total.